The van der Waals surface area contributed by atoms with Crippen LogP contribution in [0.25, 0.3) is 28.2 Å². The first kappa shape index (κ1) is 17.6. The molecule has 0 aromatic carbocycles. The number of carbonyl (C=O) groups excluding carboxylic acids is 1. The summed E-state index contributed by atoms with van der Waals surface area (Å²) in [5.41, 5.74) is 10.1. The summed E-state index contributed by atoms with van der Waals surface area (Å²) in [6, 6.07) is 9.16. The minimum Gasteiger partial charge on any atom is -0.382 e. The highest BCUT2D eigenvalue weighted by atomic mass is 16.2. The Hall–Kier alpha value is -3.81. The van der Waals surface area contributed by atoms with Gasteiger partial charge in [-0.2, -0.15) is 0 Å². The van der Waals surface area contributed by atoms with Crippen molar-refractivity contribution in [2.45, 2.75) is 6.92 Å². The lowest BCUT2D eigenvalue weighted by Crippen LogP contribution is -2.26. The number of nitrogens with zero attached hydrogens (tertiary/aromatic N) is 6. The summed E-state index contributed by atoms with van der Waals surface area (Å²) in [4.78, 5) is 27.1. The molecule has 0 saturated heterocycles. The lowest BCUT2D eigenvalue weighted by atomic mass is 10.1. The van der Waals surface area contributed by atoms with Crippen molar-refractivity contribution in [3.05, 3.63) is 60.7 Å². The van der Waals surface area contributed by atoms with Crippen LogP contribution in [0.2, 0.25) is 0 Å². The Bertz CT molecular complexity index is 1140. The summed E-state index contributed by atoms with van der Waals surface area (Å²) >= 11 is 0. The van der Waals surface area contributed by atoms with Gasteiger partial charge in [0.2, 0.25) is 0 Å². The van der Waals surface area contributed by atoms with E-state index in [1.807, 2.05) is 31.3 Å². The first-order chi connectivity index (χ1) is 13.6. The quantitative estimate of drug-likeness (QED) is 0.590. The van der Waals surface area contributed by atoms with E-state index in [-0.39, 0.29) is 5.91 Å². The Kier molecular flexibility index (Phi) is 4.44. The van der Waals surface area contributed by atoms with Crippen molar-refractivity contribution in [1.82, 2.24) is 29.5 Å². The van der Waals surface area contributed by atoms with Gasteiger partial charge in [0, 0.05) is 43.9 Å². The van der Waals surface area contributed by atoms with E-state index in [0.717, 1.165) is 11.3 Å². The van der Waals surface area contributed by atoms with Crippen LogP contribution >= 0.6 is 0 Å². The molecule has 4 aromatic heterocycles. The Balaban J connectivity index is 1.70. The molecule has 2 N–H and O–H groups in total. The zero-order chi connectivity index (χ0) is 19.7. The average molecular weight is 373 g/mol. The highest BCUT2D eigenvalue weighted by molar-refractivity contribution is 5.94. The first-order valence-electron chi connectivity index (χ1n) is 8.85. The predicted octanol–water partition coefficient (Wildman–Crippen LogP) is 2.53. The van der Waals surface area contributed by atoms with Gasteiger partial charge < -0.3 is 10.6 Å². The van der Waals surface area contributed by atoms with E-state index in [9.17, 15) is 4.79 Å². The molecule has 4 heterocycles. The maximum atomic E-state index is 12.2. The second kappa shape index (κ2) is 7.07. The highest BCUT2D eigenvalue weighted by Crippen LogP contribution is 2.28. The number of hydrogen-bond acceptors (Lipinski definition) is 6. The Morgan fingerprint density at radius 3 is 2.64 bits per heavy atom. The summed E-state index contributed by atoms with van der Waals surface area (Å²) in [6.07, 6.45) is 6.80. The molecule has 0 aliphatic heterocycles. The van der Waals surface area contributed by atoms with Crippen LogP contribution in [0.4, 0.5) is 5.82 Å². The summed E-state index contributed by atoms with van der Waals surface area (Å²) in [5.74, 6) is 0.301. The molecular weight excluding hydrogens is 354 g/mol. The van der Waals surface area contributed by atoms with Crippen LogP contribution in [0.15, 0.2) is 55.1 Å². The molecule has 0 atom stereocenters. The fourth-order valence-electron chi connectivity index (χ4n) is 2.90. The number of anilines is 1. The normalized spacial score (nSPS) is 10.9. The number of aromatic nitrogens is 5. The van der Waals surface area contributed by atoms with Crippen LogP contribution < -0.4 is 5.73 Å². The molecular formula is C20H19N7O. The average Bonchev–Trinajstić information content (AvgIpc) is 3.08. The third-order valence-corrected chi connectivity index (χ3v) is 4.55. The molecule has 8 nitrogen and oxygen atoms in total. The van der Waals surface area contributed by atoms with Crippen molar-refractivity contribution in [2.75, 3.05) is 19.3 Å². The molecule has 0 aliphatic carbocycles. The minimum absolute atomic E-state index is 0.0602. The Morgan fingerprint density at radius 2 is 1.96 bits per heavy atom. The van der Waals surface area contributed by atoms with E-state index < -0.39 is 0 Å². The van der Waals surface area contributed by atoms with Gasteiger partial charge in [0.1, 0.15) is 0 Å². The van der Waals surface area contributed by atoms with Gasteiger partial charge in [-0.1, -0.05) is 6.07 Å². The molecule has 1 amide bonds. The second-order valence-corrected chi connectivity index (χ2v) is 6.34. The third-order valence-electron chi connectivity index (χ3n) is 4.55. The maximum absolute atomic E-state index is 12.2. The van der Waals surface area contributed by atoms with E-state index in [4.69, 9.17) is 5.73 Å². The molecule has 4 rings (SSSR count). The van der Waals surface area contributed by atoms with E-state index in [0.29, 0.717) is 34.8 Å². The van der Waals surface area contributed by atoms with Crippen LogP contribution in [-0.2, 0) is 0 Å². The zero-order valence-electron chi connectivity index (χ0n) is 15.6. The van der Waals surface area contributed by atoms with E-state index >= 15 is 0 Å². The SMILES string of the molecule is CCN(C)C(=O)c1ccc(-c2cnc3c(-c4ccccn4)c(N)nn3c2)nc1. The smallest absolute Gasteiger partial charge is 0.255 e. The number of fused-ring (bicyclic) bond motifs is 1. The molecule has 0 aliphatic rings. The number of pyridine rings is 2. The lowest BCUT2D eigenvalue weighted by Gasteiger charge is -2.14. The molecule has 8 heteroatoms. The van der Waals surface area contributed by atoms with Crippen LogP contribution in [0.1, 0.15) is 17.3 Å². The minimum atomic E-state index is -0.0602. The predicted molar refractivity (Wildman–Crippen MR) is 106 cm³/mol. The molecule has 0 unspecified atom stereocenters. The standard InChI is InChI=1S/C20H19N7O/c1-3-26(2)20(28)13-7-8-15(23-10-13)14-11-24-19-17(16-6-4-5-9-22-16)18(21)25-27(19)12-14/h4-12H,3H2,1-2H3,(H2,21,25). The summed E-state index contributed by atoms with van der Waals surface area (Å²) in [5, 5.41) is 4.36. The monoisotopic (exact) mass is 373 g/mol. The molecule has 0 saturated carbocycles. The molecule has 0 bridgehead atoms. The highest BCUT2D eigenvalue weighted by Gasteiger charge is 2.16. The first-order valence-corrected chi connectivity index (χ1v) is 8.85. The van der Waals surface area contributed by atoms with Crippen molar-refractivity contribution in [2.24, 2.45) is 0 Å². The van der Waals surface area contributed by atoms with Gasteiger partial charge in [0.25, 0.3) is 5.91 Å². The number of hydrogen-bond donors (Lipinski definition) is 1. The van der Waals surface area contributed by atoms with Gasteiger partial charge >= 0.3 is 0 Å². The fraction of sp³-hybridized carbons (Fsp3) is 0.150. The van der Waals surface area contributed by atoms with Crippen molar-refractivity contribution >= 4 is 17.4 Å². The molecule has 140 valence electrons. The van der Waals surface area contributed by atoms with Gasteiger partial charge in [-0.15, -0.1) is 5.10 Å². The van der Waals surface area contributed by atoms with Crippen LogP contribution in [0.3, 0.4) is 0 Å². The molecule has 4 aromatic rings. The second-order valence-electron chi connectivity index (χ2n) is 6.34. The van der Waals surface area contributed by atoms with Gasteiger partial charge in [-0.05, 0) is 31.2 Å². The number of amides is 1. The van der Waals surface area contributed by atoms with Gasteiger partial charge in [0.05, 0.1) is 22.5 Å². The lowest BCUT2D eigenvalue weighted by molar-refractivity contribution is 0.0802. The van der Waals surface area contributed by atoms with E-state index in [2.05, 4.69) is 20.1 Å². The molecule has 0 spiro atoms. The molecule has 0 fully saturated rings. The van der Waals surface area contributed by atoms with Crippen molar-refractivity contribution in [3.8, 4) is 22.5 Å². The number of carbonyl (C=O) groups is 1. The number of nitrogens with two attached hydrogens (primary N) is 1. The summed E-state index contributed by atoms with van der Waals surface area (Å²) in [7, 11) is 1.76. The Labute approximate surface area is 161 Å². The summed E-state index contributed by atoms with van der Waals surface area (Å²) < 4.78 is 1.63. The van der Waals surface area contributed by atoms with Crippen LogP contribution in [0.5, 0.6) is 0 Å². The maximum Gasteiger partial charge on any atom is 0.255 e. The fourth-order valence-corrected chi connectivity index (χ4v) is 2.90. The third kappa shape index (κ3) is 3.05. The summed E-state index contributed by atoms with van der Waals surface area (Å²) in [6.45, 7) is 2.57. The van der Waals surface area contributed by atoms with Gasteiger partial charge in [0.15, 0.2) is 11.5 Å². The Morgan fingerprint density at radius 1 is 1.11 bits per heavy atom. The largest absolute Gasteiger partial charge is 0.382 e. The number of rotatable bonds is 4. The van der Waals surface area contributed by atoms with Crippen molar-refractivity contribution in [1.29, 1.82) is 0 Å². The van der Waals surface area contributed by atoms with Crippen molar-refractivity contribution < 1.29 is 4.79 Å². The van der Waals surface area contributed by atoms with Crippen molar-refractivity contribution in [3.63, 3.8) is 0 Å². The van der Waals surface area contributed by atoms with E-state index in [1.54, 1.807) is 47.2 Å². The molecule has 28 heavy (non-hydrogen) atoms. The molecule has 0 radical (unpaired) electrons. The van der Waals surface area contributed by atoms with Crippen LogP contribution in [-0.4, -0.2) is 49.0 Å². The van der Waals surface area contributed by atoms with Crippen LogP contribution in [0, 0.1) is 0 Å². The van der Waals surface area contributed by atoms with Gasteiger partial charge in [-0.3, -0.25) is 14.8 Å². The zero-order valence-corrected chi connectivity index (χ0v) is 15.6. The number of nitrogen functional groups attached to an aromatic ring is 1. The topological polar surface area (TPSA) is 102 Å². The van der Waals surface area contributed by atoms with Gasteiger partial charge in [-0.25, -0.2) is 9.50 Å². The van der Waals surface area contributed by atoms with E-state index in [1.165, 1.54) is 0 Å².